The SMILES string of the molecule is COC(=O)COc1cccc(C=NNC(=O)CC(=O)Nc2ccc(C)c(C)c2)c1. The highest BCUT2D eigenvalue weighted by Gasteiger charge is 2.09. The van der Waals surface area contributed by atoms with Gasteiger partial charge in [0.1, 0.15) is 12.2 Å². The summed E-state index contributed by atoms with van der Waals surface area (Å²) in [7, 11) is 1.28. The monoisotopic (exact) mass is 397 g/mol. The maximum Gasteiger partial charge on any atom is 0.343 e. The maximum absolute atomic E-state index is 12.0. The second kappa shape index (κ2) is 10.6. The van der Waals surface area contributed by atoms with Crippen LogP contribution < -0.4 is 15.5 Å². The van der Waals surface area contributed by atoms with E-state index in [1.807, 2.05) is 26.0 Å². The van der Waals surface area contributed by atoms with Crippen molar-refractivity contribution in [3.05, 3.63) is 59.2 Å². The number of carbonyl (C=O) groups excluding carboxylic acids is 3. The zero-order valence-electron chi connectivity index (χ0n) is 16.5. The number of esters is 1. The summed E-state index contributed by atoms with van der Waals surface area (Å²) in [6.45, 7) is 3.72. The number of aryl methyl sites for hydroxylation is 2. The van der Waals surface area contributed by atoms with Crippen LogP contribution in [0.3, 0.4) is 0 Å². The normalized spacial score (nSPS) is 10.4. The van der Waals surface area contributed by atoms with Crippen LogP contribution in [0.4, 0.5) is 5.69 Å². The molecule has 0 saturated carbocycles. The molecule has 152 valence electrons. The summed E-state index contributed by atoms with van der Waals surface area (Å²) >= 11 is 0. The second-order valence-corrected chi connectivity index (χ2v) is 6.25. The zero-order valence-corrected chi connectivity index (χ0v) is 16.5. The molecule has 0 aliphatic rings. The van der Waals surface area contributed by atoms with E-state index in [2.05, 4.69) is 20.6 Å². The summed E-state index contributed by atoms with van der Waals surface area (Å²) in [4.78, 5) is 34.9. The molecule has 0 spiro atoms. The number of benzene rings is 2. The third-order valence-electron chi connectivity index (χ3n) is 3.96. The standard InChI is InChI=1S/C21H23N3O5/c1-14-7-8-17(9-15(14)2)23-19(25)11-20(26)24-22-12-16-5-4-6-18(10-16)29-13-21(27)28-3/h4-10,12H,11,13H2,1-3H3,(H,23,25)(H,24,26). The number of amides is 2. The molecule has 0 heterocycles. The fourth-order valence-electron chi connectivity index (χ4n) is 2.27. The molecule has 0 aliphatic carbocycles. The van der Waals surface area contributed by atoms with Crippen LogP contribution >= 0.6 is 0 Å². The van der Waals surface area contributed by atoms with Crippen LogP contribution in [0.25, 0.3) is 0 Å². The maximum atomic E-state index is 12.0. The average molecular weight is 397 g/mol. The van der Waals surface area contributed by atoms with Gasteiger partial charge in [-0.15, -0.1) is 0 Å². The summed E-state index contributed by atoms with van der Waals surface area (Å²) in [6.07, 6.45) is 1.05. The number of hydrogen-bond acceptors (Lipinski definition) is 6. The summed E-state index contributed by atoms with van der Waals surface area (Å²) in [5.74, 6) is -1.01. The predicted octanol–water partition coefficient (Wildman–Crippen LogP) is 2.33. The summed E-state index contributed by atoms with van der Waals surface area (Å²) < 4.78 is 9.78. The number of nitrogens with one attached hydrogen (secondary N) is 2. The molecule has 2 rings (SSSR count). The molecular weight excluding hydrogens is 374 g/mol. The minimum absolute atomic E-state index is 0.205. The molecule has 2 N–H and O–H groups in total. The van der Waals surface area contributed by atoms with E-state index in [9.17, 15) is 14.4 Å². The van der Waals surface area contributed by atoms with E-state index in [1.54, 1.807) is 30.3 Å². The first-order valence-electron chi connectivity index (χ1n) is 8.86. The molecule has 29 heavy (non-hydrogen) atoms. The highest BCUT2D eigenvalue weighted by molar-refractivity contribution is 6.03. The smallest absolute Gasteiger partial charge is 0.343 e. The molecule has 8 nitrogen and oxygen atoms in total. The Hall–Kier alpha value is -3.68. The van der Waals surface area contributed by atoms with Crippen molar-refractivity contribution in [2.24, 2.45) is 5.10 Å². The Labute approximate surface area is 168 Å². The third kappa shape index (κ3) is 7.45. The van der Waals surface area contributed by atoms with Crippen molar-refractivity contribution in [2.75, 3.05) is 19.0 Å². The second-order valence-electron chi connectivity index (χ2n) is 6.25. The largest absolute Gasteiger partial charge is 0.482 e. The lowest BCUT2D eigenvalue weighted by Gasteiger charge is -2.07. The van der Waals surface area contributed by atoms with Gasteiger partial charge in [-0.2, -0.15) is 5.10 Å². The van der Waals surface area contributed by atoms with E-state index in [0.717, 1.165) is 11.1 Å². The van der Waals surface area contributed by atoms with Crippen LogP contribution in [0.1, 0.15) is 23.1 Å². The Kier molecular flexibility index (Phi) is 7.90. The number of nitrogens with zero attached hydrogens (tertiary/aromatic N) is 1. The first kappa shape index (κ1) is 21.6. The lowest BCUT2D eigenvalue weighted by Crippen LogP contribution is -2.24. The number of ether oxygens (including phenoxy) is 2. The van der Waals surface area contributed by atoms with Crippen LogP contribution in [0.15, 0.2) is 47.6 Å². The number of hydrazone groups is 1. The van der Waals surface area contributed by atoms with Gasteiger partial charge in [0.05, 0.1) is 13.3 Å². The highest BCUT2D eigenvalue weighted by Crippen LogP contribution is 2.14. The molecule has 0 radical (unpaired) electrons. The lowest BCUT2D eigenvalue weighted by molar-refractivity contribution is -0.143. The Morgan fingerprint density at radius 1 is 1.03 bits per heavy atom. The zero-order chi connectivity index (χ0) is 21.2. The fraction of sp³-hybridized carbons (Fsp3) is 0.238. The van der Waals surface area contributed by atoms with Crippen molar-refractivity contribution in [2.45, 2.75) is 20.3 Å². The van der Waals surface area contributed by atoms with Gasteiger partial charge in [0.2, 0.25) is 11.8 Å². The van der Waals surface area contributed by atoms with E-state index >= 15 is 0 Å². The molecule has 0 aliphatic heterocycles. The van der Waals surface area contributed by atoms with Crippen molar-refractivity contribution < 1.29 is 23.9 Å². The van der Waals surface area contributed by atoms with Crippen LogP contribution in [0, 0.1) is 13.8 Å². The summed E-state index contributed by atoms with van der Waals surface area (Å²) in [5, 5.41) is 6.51. The van der Waals surface area contributed by atoms with Crippen LogP contribution in [0.5, 0.6) is 5.75 Å². The van der Waals surface area contributed by atoms with Crippen molar-refractivity contribution in [1.29, 1.82) is 0 Å². The summed E-state index contributed by atoms with van der Waals surface area (Å²) in [6, 6.07) is 12.3. The first-order valence-corrected chi connectivity index (χ1v) is 8.86. The van der Waals surface area contributed by atoms with E-state index in [4.69, 9.17) is 4.74 Å². The minimum atomic E-state index is -0.541. The van der Waals surface area contributed by atoms with Crippen LogP contribution in [-0.4, -0.2) is 37.7 Å². The van der Waals surface area contributed by atoms with Gasteiger partial charge in [-0.25, -0.2) is 10.2 Å². The van der Waals surface area contributed by atoms with Gasteiger partial charge in [0, 0.05) is 5.69 Å². The third-order valence-corrected chi connectivity index (χ3v) is 3.96. The Morgan fingerprint density at radius 2 is 1.83 bits per heavy atom. The predicted molar refractivity (Wildman–Crippen MR) is 109 cm³/mol. The minimum Gasteiger partial charge on any atom is -0.482 e. The van der Waals surface area contributed by atoms with Gasteiger partial charge in [-0.1, -0.05) is 18.2 Å². The van der Waals surface area contributed by atoms with Gasteiger partial charge in [0.25, 0.3) is 0 Å². The molecule has 0 atom stereocenters. The van der Waals surface area contributed by atoms with Crippen molar-refractivity contribution in [3.63, 3.8) is 0 Å². The molecule has 0 saturated heterocycles. The Bertz CT molecular complexity index is 924. The number of rotatable bonds is 8. The molecule has 2 aromatic rings. The number of carbonyl (C=O) groups is 3. The van der Waals surface area contributed by atoms with Gasteiger partial charge >= 0.3 is 5.97 Å². The Morgan fingerprint density at radius 3 is 2.55 bits per heavy atom. The quantitative estimate of drug-likeness (QED) is 0.308. The highest BCUT2D eigenvalue weighted by atomic mass is 16.6. The van der Waals surface area contributed by atoms with Gasteiger partial charge < -0.3 is 14.8 Å². The molecule has 2 aromatic carbocycles. The fourth-order valence-corrected chi connectivity index (χ4v) is 2.27. The van der Waals surface area contributed by atoms with Crippen molar-refractivity contribution in [1.82, 2.24) is 5.43 Å². The first-order chi connectivity index (χ1) is 13.9. The molecule has 0 fully saturated rings. The molecule has 8 heteroatoms. The van der Waals surface area contributed by atoms with E-state index in [1.165, 1.54) is 13.3 Å². The molecular formula is C21H23N3O5. The molecule has 0 aromatic heterocycles. The van der Waals surface area contributed by atoms with Crippen molar-refractivity contribution in [3.8, 4) is 5.75 Å². The van der Waals surface area contributed by atoms with Gasteiger partial charge in [-0.3, -0.25) is 9.59 Å². The van der Waals surface area contributed by atoms with Gasteiger partial charge in [-0.05, 0) is 54.8 Å². The Balaban J connectivity index is 1.82. The lowest BCUT2D eigenvalue weighted by atomic mass is 10.1. The van der Waals surface area contributed by atoms with Gasteiger partial charge in [0.15, 0.2) is 6.61 Å². The van der Waals surface area contributed by atoms with Crippen LogP contribution in [-0.2, 0) is 19.1 Å². The number of anilines is 1. The van der Waals surface area contributed by atoms with Crippen LogP contribution in [0.2, 0.25) is 0 Å². The van der Waals surface area contributed by atoms with E-state index in [0.29, 0.717) is 17.0 Å². The number of methoxy groups -OCH3 is 1. The van der Waals surface area contributed by atoms with Crippen molar-refractivity contribution >= 4 is 29.7 Å². The molecule has 2 amide bonds. The van der Waals surface area contributed by atoms with E-state index < -0.39 is 17.8 Å². The molecule has 0 unspecified atom stereocenters. The molecule has 0 bridgehead atoms. The summed E-state index contributed by atoms with van der Waals surface area (Å²) in [5.41, 5.74) is 5.76. The number of hydrogen-bond donors (Lipinski definition) is 2. The van der Waals surface area contributed by atoms with E-state index in [-0.39, 0.29) is 13.0 Å². The topological polar surface area (TPSA) is 106 Å². The average Bonchev–Trinajstić information content (AvgIpc) is 2.69.